The molecule has 1 amide bonds. The van der Waals surface area contributed by atoms with Gasteiger partial charge in [0, 0.05) is 16.5 Å². The van der Waals surface area contributed by atoms with Crippen molar-refractivity contribution in [3.8, 4) is 5.69 Å². The van der Waals surface area contributed by atoms with E-state index in [-0.39, 0.29) is 5.91 Å². The van der Waals surface area contributed by atoms with Crippen molar-refractivity contribution in [2.45, 2.75) is 18.7 Å². The third-order valence-corrected chi connectivity index (χ3v) is 4.40. The van der Waals surface area contributed by atoms with E-state index >= 15 is 0 Å². The number of amides is 1. The molecule has 0 radical (unpaired) electrons. The third kappa shape index (κ3) is 3.68. The number of aryl methyl sites for hydroxylation is 1. The molecule has 1 N–H and O–H groups in total. The number of hydrogen-bond acceptors (Lipinski definition) is 3. The van der Waals surface area contributed by atoms with Crippen molar-refractivity contribution < 1.29 is 4.79 Å². The van der Waals surface area contributed by atoms with E-state index in [1.54, 1.807) is 16.4 Å². The average Bonchev–Trinajstić information content (AvgIpc) is 2.97. The van der Waals surface area contributed by atoms with Gasteiger partial charge in [-0.2, -0.15) is 5.10 Å². The van der Waals surface area contributed by atoms with Crippen molar-refractivity contribution >= 4 is 23.5 Å². The number of hydrogen-bond donors (Lipinski definition) is 1. The van der Waals surface area contributed by atoms with Crippen molar-refractivity contribution in [3.63, 3.8) is 0 Å². The van der Waals surface area contributed by atoms with Crippen LogP contribution in [0, 0.1) is 6.92 Å². The minimum Gasteiger partial charge on any atom is -0.306 e. The molecule has 0 unspecified atom stereocenters. The van der Waals surface area contributed by atoms with Crippen LogP contribution < -0.4 is 5.32 Å². The minimum atomic E-state index is -0.139. The normalized spacial score (nSPS) is 10.6. The van der Waals surface area contributed by atoms with Crippen LogP contribution in [0.5, 0.6) is 0 Å². The molecular weight excluding hydrogens is 318 g/mol. The number of para-hydroxylation sites is 1. The number of carbonyl (C=O) groups excluding carboxylic acids is 1. The highest BCUT2D eigenvalue weighted by atomic mass is 32.2. The summed E-state index contributed by atoms with van der Waals surface area (Å²) in [5.74, 6) is 1.54. The molecule has 0 bridgehead atoms. The van der Waals surface area contributed by atoms with Crippen molar-refractivity contribution in [1.82, 2.24) is 9.78 Å². The Balaban J connectivity index is 1.82. The van der Waals surface area contributed by atoms with Crippen molar-refractivity contribution in [3.05, 3.63) is 71.9 Å². The smallest absolute Gasteiger partial charge is 0.256 e. The van der Waals surface area contributed by atoms with Gasteiger partial charge in [-0.05, 0) is 49.1 Å². The highest BCUT2D eigenvalue weighted by Crippen LogP contribution is 2.20. The highest BCUT2D eigenvalue weighted by molar-refractivity contribution is 7.99. The Bertz CT molecular complexity index is 826. The van der Waals surface area contributed by atoms with Gasteiger partial charge in [-0.25, -0.2) is 4.68 Å². The fourth-order valence-electron chi connectivity index (χ4n) is 2.41. The molecule has 122 valence electrons. The molecule has 0 aliphatic rings. The Morgan fingerprint density at radius 2 is 1.83 bits per heavy atom. The van der Waals surface area contributed by atoms with Crippen LogP contribution in [0.2, 0.25) is 0 Å². The maximum absolute atomic E-state index is 12.5. The van der Waals surface area contributed by atoms with E-state index in [1.807, 2.05) is 67.6 Å². The second-order valence-electron chi connectivity index (χ2n) is 5.33. The fourth-order valence-corrected chi connectivity index (χ4v) is 3.07. The summed E-state index contributed by atoms with van der Waals surface area (Å²) in [6, 6.07) is 19.3. The van der Waals surface area contributed by atoms with Gasteiger partial charge in [-0.15, -0.1) is 11.8 Å². The van der Waals surface area contributed by atoms with E-state index in [9.17, 15) is 4.79 Å². The number of thioether (sulfide) groups is 1. The number of carbonyl (C=O) groups is 1. The molecule has 3 rings (SSSR count). The number of benzene rings is 2. The van der Waals surface area contributed by atoms with Gasteiger partial charge in [0.1, 0.15) is 5.82 Å². The predicted octanol–water partition coefficient (Wildman–Crippen LogP) is 4.55. The first-order chi connectivity index (χ1) is 11.7. The largest absolute Gasteiger partial charge is 0.306 e. The molecule has 4 nitrogen and oxygen atoms in total. The molecule has 0 fully saturated rings. The Labute approximate surface area is 145 Å². The standard InChI is InChI=1S/C19H19N3OS/c1-3-24-17-11-9-15(10-12-17)19(23)20-18-13-14(2)21-22(18)16-7-5-4-6-8-16/h4-13H,3H2,1-2H3,(H,20,23). The number of rotatable bonds is 5. The molecule has 3 aromatic rings. The number of aromatic nitrogens is 2. The van der Waals surface area contributed by atoms with E-state index in [0.29, 0.717) is 11.4 Å². The zero-order chi connectivity index (χ0) is 16.9. The molecule has 24 heavy (non-hydrogen) atoms. The molecule has 5 heteroatoms. The molecule has 0 spiro atoms. The van der Waals surface area contributed by atoms with Gasteiger partial charge in [-0.3, -0.25) is 4.79 Å². The van der Waals surface area contributed by atoms with E-state index in [2.05, 4.69) is 17.3 Å². The maximum Gasteiger partial charge on any atom is 0.256 e. The quantitative estimate of drug-likeness (QED) is 0.695. The SMILES string of the molecule is CCSc1ccc(C(=O)Nc2cc(C)nn2-c2ccccc2)cc1. The van der Waals surface area contributed by atoms with Gasteiger partial charge < -0.3 is 5.32 Å². The van der Waals surface area contributed by atoms with Crippen LogP contribution in [-0.4, -0.2) is 21.4 Å². The number of nitrogens with zero attached hydrogens (tertiary/aromatic N) is 2. The maximum atomic E-state index is 12.5. The molecule has 1 heterocycles. The fraction of sp³-hybridized carbons (Fsp3) is 0.158. The Morgan fingerprint density at radius 1 is 1.12 bits per heavy atom. The van der Waals surface area contributed by atoms with Crippen LogP contribution in [0.15, 0.2) is 65.6 Å². The average molecular weight is 337 g/mol. The van der Waals surface area contributed by atoms with Gasteiger partial charge in [0.05, 0.1) is 11.4 Å². The second-order valence-corrected chi connectivity index (χ2v) is 6.67. The summed E-state index contributed by atoms with van der Waals surface area (Å²) in [6.07, 6.45) is 0. The van der Waals surface area contributed by atoms with E-state index in [0.717, 1.165) is 17.1 Å². The van der Waals surface area contributed by atoms with Crippen LogP contribution in [0.3, 0.4) is 0 Å². The van der Waals surface area contributed by atoms with E-state index < -0.39 is 0 Å². The van der Waals surface area contributed by atoms with Gasteiger partial charge in [0.2, 0.25) is 0 Å². The van der Waals surface area contributed by atoms with Crippen LogP contribution in [0.1, 0.15) is 23.0 Å². The highest BCUT2D eigenvalue weighted by Gasteiger charge is 2.12. The molecule has 0 aliphatic carbocycles. The third-order valence-electron chi connectivity index (χ3n) is 3.50. The molecule has 0 saturated carbocycles. The summed E-state index contributed by atoms with van der Waals surface area (Å²) in [7, 11) is 0. The lowest BCUT2D eigenvalue weighted by Crippen LogP contribution is -2.15. The predicted molar refractivity (Wildman–Crippen MR) is 99.1 cm³/mol. The summed E-state index contributed by atoms with van der Waals surface area (Å²) in [6.45, 7) is 4.02. The van der Waals surface area contributed by atoms with Gasteiger partial charge >= 0.3 is 0 Å². The monoisotopic (exact) mass is 337 g/mol. The molecule has 2 aromatic carbocycles. The number of anilines is 1. The van der Waals surface area contributed by atoms with Crippen LogP contribution in [-0.2, 0) is 0 Å². The zero-order valence-electron chi connectivity index (χ0n) is 13.7. The molecular formula is C19H19N3OS. The minimum absolute atomic E-state index is 0.139. The lowest BCUT2D eigenvalue weighted by molar-refractivity contribution is 0.102. The van der Waals surface area contributed by atoms with Gasteiger partial charge in [-0.1, -0.05) is 25.1 Å². The second kappa shape index (κ2) is 7.36. The summed E-state index contributed by atoms with van der Waals surface area (Å²) in [4.78, 5) is 13.7. The van der Waals surface area contributed by atoms with Crippen molar-refractivity contribution in [2.24, 2.45) is 0 Å². The molecule has 0 saturated heterocycles. The summed E-state index contributed by atoms with van der Waals surface area (Å²) in [5, 5.41) is 7.42. The first kappa shape index (κ1) is 16.3. The Hall–Kier alpha value is -2.53. The van der Waals surface area contributed by atoms with E-state index in [4.69, 9.17) is 0 Å². The van der Waals surface area contributed by atoms with Gasteiger partial charge in [0.15, 0.2) is 0 Å². The number of nitrogens with one attached hydrogen (secondary N) is 1. The Kier molecular flexibility index (Phi) is 5.01. The summed E-state index contributed by atoms with van der Waals surface area (Å²) in [5.41, 5.74) is 2.40. The first-order valence-corrected chi connectivity index (χ1v) is 8.82. The lowest BCUT2D eigenvalue weighted by Gasteiger charge is -2.09. The molecule has 1 aromatic heterocycles. The lowest BCUT2D eigenvalue weighted by atomic mass is 10.2. The van der Waals surface area contributed by atoms with Crippen LogP contribution >= 0.6 is 11.8 Å². The van der Waals surface area contributed by atoms with Crippen LogP contribution in [0.4, 0.5) is 5.82 Å². The van der Waals surface area contributed by atoms with Crippen LogP contribution in [0.25, 0.3) is 5.69 Å². The summed E-state index contributed by atoms with van der Waals surface area (Å²) >= 11 is 1.76. The summed E-state index contributed by atoms with van der Waals surface area (Å²) < 4.78 is 1.74. The Morgan fingerprint density at radius 3 is 2.50 bits per heavy atom. The topological polar surface area (TPSA) is 46.9 Å². The molecule has 0 aliphatic heterocycles. The molecule has 0 atom stereocenters. The van der Waals surface area contributed by atoms with E-state index in [1.165, 1.54) is 4.90 Å². The first-order valence-electron chi connectivity index (χ1n) is 7.83. The van der Waals surface area contributed by atoms with Crippen molar-refractivity contribution in [2.75, 3.05) is 11.1 Å². The zero-order valence-corrected chi connectivity index (χ0v) is 14.5. The van der Waals surface area contributed by atoms with Gasteiger partial charge in [0.25, 0.3) is 5.91 Å². The van der Waals surface area contributed by atoms with Crippen molar-refractivity contribution in [1.29, 1.82) is 0 Å².